The summed E-state index contributed by atoms with van der Waals surface area (Å²) < 4.78 is 3.25. The maximum atomic E-state index is 11.6. The van der Waals surface area contributed by atoms with Crippen LogP contribution in [0.15, 0.2) is 18.2 Å². The predicted molar refractivity (Wildman–Crippen MR) is 90.2 cm³/mol. The maximum Gasteiger partial charge on any atom is 0.221 e. The fourth-order valence-corrected chi connectivity index (χ4v) is 2.82. The lowest BCUT2D eigenvalue weighted by Crippen LogP contribution is -2.24. The smallest absolute Gasteiger partial charge is 0.221 e. The normalized spacial score (nSPS) is 10.9. The molecule has 1 heterocycles. The zero-order valence-electron chi connectivity index (χ0n) is 11.3. The van der Waals surface area contributed by atoms with Crippen LogP contribution in [0.25, 0.3) is 11.0 Å². The zero-order valence-corrected chi connectivity index (χ0v) is 14.2. The van der Waals surface area contributed by atoms with Crippen molar-refractivity contribution in [3.05, 3.63) is 27.6 Å². The van der Waals surface area contributed by atoms with Crippen molar-refractivity contribution in [2.24, 2.45) is 0 Å². The first-order valence-electron chi connectivity index (χ1n) is 6.63. The fraction of sp³-hybridized carbons (Fsp3) is 0.429. The Morgan fingerprint density at radius 1 is 1.50 bits per heavy atom. The van der Waals surface area contributed by atoms with E-state index in [1.807, 2.05) is 6.92 Å². The van der Waals surface area contributed by atoms with Crippen LogP contribution in [0, 0.1) is 3.57 Å². The Hall–Kier alpha value is -0.820. The summed E-state index contributed by atoms with van der Waals surface area (Å²) in [4.78, 5) is 16.3. The maximum absolute atomic E-state index is 11.6. The van der Waals surface area contributed by atoms with Gasteiger partial charge in [0, 0.05) is 35.4 Å². The van der Waals surface area contributed by atoms with Gasteiger partial charge in [-0.15, -0.1) is 11.6 Å². The standard InChI is InChI=1S/C14H17ClIN3O/c1-2-17-14(20)6-8-19-12-4-3-10(16)9-11(12)18-13(19)5-7-15/h3-4,9H,2,5-8H2,1H3,(H,17,20). The van der Waals surface area contributed by atoms with Crippen LogP contribution in [-0.2, 0) is 17.8 Å². The summed E-state index contributed by atoms with van der Waals surface area (Å²) >= 11 is 8.12. The minimum Gasteiger partial charge on any atom is -0.356 e. The average molecular weight is 406 g/mol. The van der Waals surface area contributed by atoms with E-state index in [2.05, 4.69) is 55.7 Å². The summed E-state index contributed by atoms with van der Waals surface area (Å²) in [6.07, 6.45) is 1.17. The van der Waals surface area contributed by atoms with Gasteiger partial charge in [-0.1, -0.05) is 0 Å². The van der Waals surface area contributed by atoms with Crippen molar-refractivity contribution in [1.82, 2.24) is 14.9 Å². The average Bonchev–Trinajstić information content (AvgIpc) is 2.74. The van der Waals surface area contributed by atoms with Crippen molar-refractivity contribution < 1.29 is 4.79 Å². The second-order valence-electron chi connectivity index (χ2n) is 4.46. The number of carbonyl (C=O) groups excluding carboxylic acids is 1. The fourth-order valence-electron chi connectivity index (χ4n) is 2.18. The van der Waals surface area contributed by atoms with E-state index in [1.54, 1.807) is 0 Å². The molecule has 0 aliphatic rings. The second-order valence-corrected chi connectivity index (χ2v) is 6.08. The van der Waals surface area contributed by atoms with Crippen LogP contribution >= 0.6 is 34.2 Å². The van der Waals surface area contributed by atoms with Crippen LogP contribution in [0.3, 0.4) is 0 Å². The second kappa shape index (κ2) is 7.26. The van der Waals surface area contributed by atoms with Gasteiger partial charge in [0.1, 0.15) is 5.82 Å². The SMILES string of the molecule is CCNC(=O)CCn1c(CCCl)nc2cc(I)ccc21. The number of fused-ring (bicyclic) bond motifs is 1. The molecule has 1 amide bonds. The van der Waals surface area contributed by atoms with E-state index in [0.717, 1.165) is 20.4 Å². The van der Waals surface area contributed by atoms with E-state index in [1.165, 1.54) is 0 Å². The van der Waals surface area contributed by atoms with Gasteiger partial charge in [-0.3, -0.25) is 4.79 Å². The summed E-state index contributed by atoms with van der Waals surface area (Å²) in [6, 6.07) is 6.16. The number of hydrogen-bond donors (Lipinski definition) is 1. The first kappa shape index (κ1) is 15.6. The van der Waals surface area contributed by atoms with Crippen LogP contribution in [0.2, 0.25) is 0 Å². The third kappa shape index (κ3) is 3.63. The number of rotatable bonds is 6. The number of amides is 1. The van der Waals surface area contributed by atoms with E-state index in [-0.39, 0.29) is 5.91 Å². The molecule has 1 aromatic carbocycles. The topological polar surface area (TPSA) is 46.9 Å². The molecule has 2 aromatic rings. The minimum atomic E-state index is 0.0664. The van der Waals surface area contributed by atoms with Crippen molar-refractivity contribution in [1.29, 1.82) is 0 Å². The van der Waals surface area contributed by atoms with Crippen LogP contribution in [0.5, 0.6) is 0 Å². The first-order chi connectivity index (χ1) is 9.65. The minimum absolute atomic E-state index is 0.0664. The number of hydrogen-bond acceptors (Lipinski definition) is 2. The molecule has 6 heteroatoms. The third-order valence-electron chi connectivity index (χ3n) is 3.04. The molecule has 0 bridgehead atoms. The molecule has 0 aliphatic heterocycles. The molecule has 0 unspecified atom stereocenters. The molecule has 4 nitrogen and oxygen atoms in total. The molecule has 2 rings (SSSR count). The zero-order chi connectivity index (χ0) is 14.5. The molecular weight excluding hydrogens is 389 g/mol. The lowest BCUT2D eigenvalue weighted by atomic mass is 10.3. The third-order valence-corrected chi connectivity index (χ3v) is 3.90. The number of alkyl halides is 1. The van der Waals surface area contributed by atoms with Crippen molar-refractivity contribution >= 4 is 51.1 Å². The summed E-state index contributed by atoms with van der Waals surface area (Å²) in [6.45, 7) is 3.22. The largest absolute Gasteiger partial charge is 0.356 e. The summed E-state index contributed by atoms with van der Waals surface area (Å²) in [5.74, 6) is 1.54. The molecule has 20 heavy (non-hydrogen) atoms. The number of nitrogens with zero attached hydrogens (tertiary/aromatic N) is 2. The van der Waals surface area contributed by atoms with Crippen LogP contribution in [0.4, 0.5) is 0 Å². The first-order valence-corrected chi connectivity index (χ1v) is 8.24. The molecule has 0 saturated heterocycles. The van der Waals surface area contributed by atoms with Gasteiger partial charge in [0.05, 0.1) is 11.0 Å². The van der Waals surface area contributed by atoms with E-state index >= 15 is 0 Å². The van der Waals surface area contributed by atoms with Gasteiger partial charge in [-0.2, -0.15) is 0 Å². The van der Waals surface area contributed by atoms with Gasteiger partial charge >= 0.3 is 0 Å². The summed E-state index contributed by atoms with van der Waals surface area (Å²) in [5, 5.41) is 2.82. The molecule has 108 valence electrons. The van der Waals surface area contributed by atoms with E-state index in [9.17, 15) is 4.79 Å². The highest BCUT2D eigenvalue weighted by atomic mass is 127. The Morgan fingerprint density at radius 2 is 2.30 bits per heavy atom. The highest BCUT2D eigenvalue weighted by Gasteiger charge is 2.11. The van der Waals surface area contributed by atoms with Crippen LogP contribution < -0.4 is 5.32 Å². The van der Waals surface area contributed by atoms with Gasteiger partial charge in [-0.05, 0) is 47.7 Å². The molecular formula is C14H17ClIN3O. The molecule has 0 aliphatic carbocycles. The van der Waals surface area contributed by atoms with Gasteiger partial charge in [0.25, 0.3) is 0 Å². The summed E-state index contributed by atoms with van der Waals surface area (Å²) in [5.41, 5.74) is 2.03. The highest BCUT2D eigenvalue weighted by Crippen LogP contribution is 2.20. The van der Waals surface area contributed by atoms with E-state index in [0.29, 0.717) is 31.8 Å². The quantitative estimate of drug-likeness (QED) is 0.593. The Morgan fingerprint density at radius 3 is 3.00 bits per heavy atom. The number of halogens is 2. The number of nitrogens with one attached hydrogen (secondary N) is 1. The molecule has 0 radical (unpaired) electrons. The molecule has 1 N–H and O–H groups in total. The van der Waals surface area contributed by atoms with E-state index < -0.39 is 0 Å². The number of carbonyl (C=O) groups is 1. The van der Waals surface area contributed by atoms with Crippen LogP contribution in [0.1, 0.15) is 19.2 Å². The Bertz CT molecular complexity index is 612. The molecule has 1 aromatic heterocycles. The molecule has 0 fully saturated rings. The van der Waals surface area contributed by atoms with E-state index in [4.69, 9.17) is 11.6 Å². The molecule has 0 atom stereocenters. The monoisotopic (exact) mass is 405 g/mol. The summed E-state index contributed by atoms with van der Waals surface area (Å²) in [7, 11) is 0. The number of benzene rings is 1. The highest BCUT2D eigenvalue weighted by molar-refractivity contribution is 14.1. The van der Waals surface area contributed by atoms with Crippen molar-refractivity contribution in [3.8, 4) is 0 Å². The number of imidazole rings is 1. The van der Waals surface area contributed by atoms with Gasteiger partial charge < -0.3 is 9.88 Å². The lowest BCUT2D eigenvalue weighted by Gasteiger charge is -2.08. The lowest BCUT2D eigenvalue weighted by molar-refractivity contribution is -0.121. The Balaban J connectivity index is 2.28. The molecule has 0 saturated carbocycles. The van der Waals surface area contributed by atoms with Gasteiger partial charge in [0.2, 0.25) is 5.91 Å². The number of aryl methyl sites for hydroxylation is 2. The Kier molecular flexibility index (Phi) is 5.65. The van der Waals surface area contributed by atoms with Crippen molar-refractivity contribution in [2.45, 2.75) is 26.3 Å². The van der Waals surface area contributed by atoms with Crippen molar-refractivity contribution in [2.75, 3.05) is 12.4 Å². The molecule has 0 spiro atoms. The predicted octanol–water partition coefficient (Wildman–Crippen LogP) is 2.95. The van der Waals surface area contributed by atoms with Gasteiger partial charge in [-0.25, -0.2) is 4.98 Å². The van der Waals surface area contributed by atoms with Crippen LogP contribution in [-0.4, -0.2) is 27.9 Å². The van der Waals surface area contributed by atoms with Crippen molar-refractivity contribution in [3.63, 3.8) is 0 Å². The van der Waals surface area contributed by atoms with Gasteiger partial charge in [0.15, 0.2) is 0 Å². The number of aromatic nitrogens is 2. The Labute approximate surface area is 137 Å².